The molecule has 1 atom stereocenters. The molecule has 2 aromatic carbocycles. The standard InChI is InChI=1S/C24H19F3N4O5/c25-24(26,27)18-19(14-4-2-1-3-5-14)29-35-20(18)22-28-21(30-36-22)15-8-6-13(7-9-15)17(32)12-31-10-16(11-31)23(33)34/h1-9,16-17,32H,10-12H2,(H,33,34). The van der Waals surface area contributed by atoms with E-state index in [0.717, 1.165) is 0 Å². The van der Waals surface area contributed by atoms with Gasteiger partial charge >= 0.3 is 12.1 Å². The molecule has 9 nitrogen and oxygen atoms in total. The van der Waals surface area contributed by atoms with Gasteiger partial charge in [-0.3, -0.25) is 9.69 Å². The van der Waals surface area contributed by atoms with Gasteiger partial charge in [-0.1, -0.05) is 64.9 Å². The summed E-state index contributed by atoms with van der Waals surface area (Å²) >= 11 is 0. The van der Waals surface area contributed by atoms with Gasteiger partial charge in [0.15, 0.2) is 0 Å². The Morgan fingerprint density at radius 3 is 2.36 bits per heavy atom. The molecular formula is C24H19F3N4O5. The van der Waals surface area contributed by atoms with Crippen LogP contribution in [0.1, 0.15) is 17.2 Å². The molecule has 186 valence electrons. The van der Waals surface area contributed by atoms with Crippen LogP contribution in [0.15, 0.2) is 63.6 Å². The van der Waals surface area contributed by atoms with Crippen molar-refractivity contribution in [2.45, 2.75) is 12.3 Å². The number of aliphatic hydroxyl groups excluding tert-OH is 1. The van der Waals surface area contributed by atoms with Crippen molar-refractivity contribution in [2.24, 2.45) is 5.92 Å². The van der Waals surface area contributed by atoms with E-state index in [1.807, 2.05) is 4.90 Å². The fourth-order valence-corrected chi connectivity index (χ4v) is 4.00. The van der Waals surface area contributed by atoms with Crippen LogP contribution in [0.3, 0.4) is 0 Å². The van der Waals surface area contributed by atoms with Crippen molar-refractivity contribution in [1.29, 1.82) is 0 Å². The molecule has 0 amide bonds. The highest BCUT2D eigenvalue weighted by Gasteiger charge is 2.43. The molecular weight excluding hydrogens is 481 g/mol. The van der Waals surface area contributed by atoms with Gasteiger partial charge in [0.1, 0.15) is 11.3 Å². The summed E-state index contributed by atoms with van der Waals surface area (Å²) in [6.07, 6.45) is -5.62. The average Bonchev–Trinajstić information content (AvgIpc) is 3.49. The minimum atomic E-state index is -4.78. The molecule has 12 heteroatoms. The largest absolute Gasteiger partial charge is 0.481 e. The van der Waals surface area contributed by atoms with Crippen LogP contribution in [0.5, 0.6) is 0 Å². The second-order valence-electron chi connectivity index (χ2n) is 8.41. The minimum absolute atomic E-state index is 0.0314. The predicted octanol–water partition coefficient (Wildman–Crippen LogP) is 4.13. The molecule has 36 heavy (non-hydrogen) atoms. The molecule has 0 saturated carbocycles. The molecule has 2 N–H and O–H groups in total. The van der Waals surface area contributed by atoms with Gasteiger partial charge in [0.2, 0.25) is 11.6 Å². The molecule has 2 aromatic heterocycles. The highest BCUT2D eigenvalue weighted by atomic mass is 19.4. The van der Waals surface area contributed by atoms with Crippen molar-refractivity contribution in [3.05, 3.63) is 65.7 Å². The maximum absolute atomic E-state index is 13.9. The zero-order chi connectivity index (χ0) is 25.4. The number of carboxylic acids is 1. The fraction of sp³-hybridized carbons (Fsp3) is 0.250. The smallest absolute Gasteiger partial charge is 0.422 e. The Kier molecular flexibility index (Phi) is 6.06. The van der Waals surface area contributed by atoms with Crippen LogP contribution in [0.4, 0.5) is 13.2 Å². The van der Waals surface area contributed by atoms with E-state index in [1.165, 1.54) is 12.1 Å². The van der Waals surface area contributed by atoms with Crippen molar-refractivity contribution in [3.63, 3.8) is 0 Å². The second kappa shape index (κ2) is 9.21. The number of halogens is 3. The van der Waals surface area contributed by atoms with Crippen molar-refractivity contribution in [1.82, 2.24) is 20.2 Å². The molecule has 0 bridgehead atoms. The van der Waals surface area contributed by atoms with Crippen LogP contribution in [-0.4, -0.2) is 56.0 Å². The lowest BCUT2D eigenvalue weighted by Gasteiger charge is -2.37. The van der Waals surface area contributed by atoms with Crippen molar-refractivity contribution < 1.29 is 37.2 Å². The number of benzene rings is 2. The predicted molar refractivity (Wildman–Crippen MR) is 118 cm³/mol. The molecule has 1 unspecified atom stereocenters. The number of rotatable bonds is 7. The molecule has 1 saturated heterocycles. The topological polar surface area (TPSA) is 126 Å². The number of carbonyl (C=O) groups is 1. The first-order chi connectivity index (χ1) is 17.2. The number of hydrogen-bond donors (Lipinski definition) is 2. The highest BCUT2D eigenvalue weighted by molar-refractivity contribution is 5.72. The van der Waals surface area contributed by atoms with Crippen molar-refractivity contribution >= 4 is 5.97 Å². The van der Waals surface area contributed by atoms with Crippen LogP contribution >= 0.6 is 0 Å². The minimum Gasteiger partial charge on any atom is -0.481 e. The van der Waals surface area contributed by atoms with Gasteiger partial charge < -0.3 is 19.3 Å². The van der Waals surface area contributed by atoms with E-state index in [-0.39, 0.29) is 23.6 Å². The van der Waals surface area contributed by atoms with E-state index >= 15 is 0 Å². The second-order valence-corrected chi connectivity index (χ2v) is 8.41. The first-order valence-corrected chi connectivity index (χ1v) is 10.9. The highest BCUT2D eigenvalue weighted by Crippen LogP contribution is 2.43. The Morgan fingerprint density at radius 1 is 1.03 bits per heavy atom. The summed E-state index contributed by atoms with van der Waals surface area (Å²) in [6.45, 7) is 1.04. The first-order valence-electron chi connectivity index (χ1n) is 10.9. The van der Waals surface area contributed by atoms with Gasteiger partial charge in [0.05, 0.1) is 12.0 Å². The maximum atomic E-state index is 13.9. The number of alkyl halides is 3. The van der Waals surface area contributed by atoms with Crippen LogP contribution in [-0.2, 0) is 11.0 Å². The Morgan fingerprint density at radius 2 is 1.72 bits per heavy atom. The summed E-state index contributed by atoms with van der Waals surface area (Å²) < 4.78 is 51.8. The van der Waals surface area contributed by atoms with Crippen LogP contribution in [0.2, 0.25) is 0 Å². The molecule has 3 heterocycles. The van der Waals surface area contributed by atoms with Gasteiger partial charge in [0.25, 0.3) is 5.89 Å². The van der Waals surface area contributed by atoms with Crippen LogP contribution < -0.4 is 0 Å². The number of nitrogens with zero attached hydrogens (tertiary/aromatic N) is 4. The van der Waals surface area contributed by atoms with Crippen molar-refractivity contribution in [3.8, 4) is 34.3 Å². The normalized spacial score (nSPS) is 15.6. The summed E-state index contributed by atoms with van der Waals surface area (Å²) in [4.78, 5) is 16.8. The molecule has 0 aliphatic carbocycles. The quantitative estimate of drug-likeness (QED) is 0.385. The third kappa shape index (κ3) is 4.60. The summed E-state index contributed by atoms with van der Waals surface area (Å²) in [5, 5.41) is 26.8. The summed E-state index contributed by atoms with van der Waals surface area (Å²) in [5.41, 5.74) is -0.229. The molecule has 1 aliphatic heterocycles. The summed E-state index contributed by atoms with van der Waals surface area (Å²) in [6, 6.07) is 14.3. The number of aromatic nitrogens is 3. The maximum Gasteiger partial charge on any atom is 0.422 e. The lowest BCUT2D eigenvalue weighted by molar-refractivity contribution is -0.148. The molecule has 0 radical (unpaired) electrons. The van der Waals surface area contributed by atoms with Crippen LogP contribution in [0, 0.1) is 5.92 Å². The molecule has 1 aliphatic rings. The Labute approximate surface area is 201 Å². The lowest BCUT2D eigenvalue weighted by Crippen LogP contribution is -2.51. The van der Waals surface area contributed by atoms with E-state index in [0.29, 0.717) is 24.2 Å². The number of β-amino-alcohol motifs (C(OH)–C–C–N with tert-alkyl or cyclic N) is 1. The fourth-order valence-electron chi connectivity index (χ4n) is 4.00. The Bertz CT molecular complexity index is 1360. The van der Waals surface area contributed by atoms with Gasteiger partial charge in [-0.2, -0.15) is 18.2 Å². The molecule has 0 spiro atoms. The lowest BCUT2D eigenvalue weighted by atomic mass is 9.98. The number of aliphatic carboxylic acids is 1. The molecule has 1 fully saturated rings. The van der Waals surface area contributed by atoms with E-state index in [9.17, 15) is 23.1 Å². The molecule has 4 aromatic rings. The number of hydrogen-bond acceptors (Lipinski definition) is 8. The summed E-state index contributed by atoms with van der Waals surface area (Å²) in [5.74, 6) is -2.39. The SMILES string of the molecule is O=C(O)C1CN(CC(O)c2ccc(-c3noc(-c4onc(-c5ccccc5)c4C(F)(F)F)n3)cc2)C1. The van der Waals surface area contributed by atoms with Gasteiger partial charge in [-0.05, 0) is 5.56 Å². The molecule has 5 rings (SSSR count). The van der Waals surface area contributed by atoms with Gasteiger partial charge in [-0.15, -0.1) is 0 Å². The van der Waals surface area contributed by atoms with E-state index in [2.05, 4.69) is 15.3 Å². The van der Waals surface area contributed by atoms with E-state index < -0.39 is 41.4 Å². The van der Waals surface area contributed by atoms with Gasteiger partial charge in [0, 0.05) is 30.8 Å². The average molecular weight is 500 g/mol. The third-order valence-electron chi connectivity index (χ3n) is 5.93. The van der Waals surface area contributed by atoms with E-state index in [1.54, 1.807) is 42.5 Å². The van der Waals surface area contributed by atoms with Crippen LogP contribution in [0.25, 0.3) is 34.3 Å². The monoisotopic (exact) mass is 500 g/mol. The number of likely N-dealkylation sites (tertiary alicyclic amines) is 1. The van der Waals surface area contributed by atoms with Crippen molar-refractivity contribution in [2.75, 3.05) is 19.6 Å². The Hall–Kier alpha value is -4.03. The van der Waals surface area contributed by atoms with E-state index in [4.69, 9.17) is 14.2 Å². The number of carboxylic acid groups (broad SMARTS) is 1. The zero-order valence-electron chi connectivity index (χ0n) is 18.5. The summed E-state index contributed by atoms with van der Waals surface area (Å²) in [7, 11) is 0. The zero-order valence-corrected chi connectivity index (χ0v) is 18.5. The number of aliphatic hydroxyl groups is 1. The van der Waals surface area contributed by atoms with Gasteiger partial charge in [-0.25, -0.2) is 0 Å². The third-order valence-corrected chi connectivity index (χ3v) is 5.93. The first kappa shape index (κ1) is 23.7. The Balaban J connectivity index is 1.35.